The smallest absolute Gasteiger partial charge is 0.214 e. The summed E-state index contributed by atoms with van der Waals surface area (Å²) in [6.07, 6.45) is 3.34. The molecule has 0 saturated carbocycles. The molecule has 6 heteroatoms. The zero-order valence-electron chi connectivity index (χ0n) is 11.0. The van der Waals surface area contributed by atoms with E-state index < -0.39 is 10.0 Å². The second kappa shape index (κ2) is 6.82. The number of rotatable bonds is 7. The van der Waals surface area contributed by atoms with E-state index >= 15 is 0 Å². The van der Waals surface area contributed by atoms with Gasteiger partial charge in [-0.1, -0.05) is 6.07 Å². The highest BCUT2D eigenvalue weighted by molar-refractivity contribution is 7.89. The maximum Gasteiger partial charge on any atom is 0.214 e. The van der Waals surface area contributed by atoms with Crippen molar-refractivity contribution in [1.29, 1.82) is 0 Å². The van der Waals surface area contributed by atoms with Gasteiger partial charge in [-0.2, -0.15) is 0 Å². The summed E-state index contributed by atoms with van der Waals surface area (Å²) in [7, 11) is -3.33. The summed E-state index contributed by atoms with van der Waals surface area (Å²) < 4.78 is 31.4. The third-order valence-electron chi connectivity index (χ3n) is 2.34. The molecule has 5 nitrogen and oxygen atoms in total. The normalized spacial score (nSPS) is 13.8. The van der Waals surface area contributed by atoms with Gasteiger partial charge in [-0.3, -0.25) is 4.98 Å². The molecule has 0 fully saturated rings. The van der Waals surface area contributed by atoms with Crippen LogP contribution in [0.15, 0.2) is 24.5 Å². The molecule has 0 unspecified atom stereocenters. The van der Waals surface area contributed by atoms with Gasteiger partial charge >= 0.3 is 0 Å². The van der Waals surface area contributed by atoms with E-state index in [0.29, 0.717) is 0 Å². The summed E-state index contributed by atoms with van der Waals surface area (Å²) >= 11 is 0. The molecule has 1 N–H and O–H groups in total. The molecule has 0 saturated heterocycles. The molecule has 0 aliphatic rings. The second-order valence-corrected chi connectivity index (χ2v) is 6.24. The van der Waals surface area contributed by atoms with Crippen molar-refractivity contribution in [2.75, 3.05) is 12.4 Å². The highest BCUT2D eigenvalue weighted by Crippen LogP contribution is 2.11. The Balaban J connectivity index is 2.50. The molecule has 0 amide bonds. The fourth-order valence-corrected chi connectivity index (χ4v) is 2.53. The zero-order valence-corrected chi connectivity index (χ0v) is 11.8. The van der Waals surface area contributed by atoms with E-state index in [9.17, 15) is 8.42 Å². The van der Waals surface area contributed by atoms with Gasteiger partial charge < -0.3 is 4.74 Å². The average molecular weight is 272 g/mol. The van der Waals surface area contributed by atoms with Crippen molar-refractivity contribution in [2.45, 2.75) is 32.9 Å². The summed E-state index contributed by atoms with van der Waals surface area (Å²) in [6, 6.07) is 3.33. The molecule has 0 aromatic carbocycles. The molecule has 1 atom stereocenters. The first-order valence-corrected chi connectivity index (χ1v) is 7.57. The Morgan fingerprint density at radius 1 is 1.39 bits per heavy atom. The van der Waals surface area contributed by atoms with Crippen molar-refractivity contribution in [2.24, 2.45) is 0 Å². The second-order valence-electron chi connectivity index (χ2n) is 4.36. The van der Waals surface area contributed by atoms with Crippen LogP contribution in [0.2, 0.25) is 0 Å². The Morgan fingerprint density at radius 2 is 2.11 bits per heavy atom. The van der Waals surface area contributed by atoms with Crippen molar-refractivity contribution in [1.82, 2.24) is 9.71 Å². The van der Waals surface area contributed by atoms with E-state index in [0.717, 1.165) is 5.56 Å². The van der Waals surface area contributed by atoms with Crippen LogP contribution in [0.4, 0.5) is 0 Å². The van der Waals surface area contributed by atoms with Crippen LogP contribution in [0.25, 0.3) is 0 Å². The lowest BCUT2D eigenvalue weighted by atomic mass is 10.2. The van der Waals surface area contributed by atoms with E-state index in [-0.39, 0.29) is 24.5 Å². The maximum atomic E-state index is 11.8. The number of pyridine rings is 1. The van der Waals surface area contributed by atoms with Crippen molar-refractivity contribution < 1.29 is 13.2 Å². The number of hydrogen-bond donors (Lipinski definition) is 1. The number of hydrogen-bond acceptors (Lipinski definition) is 4. The molecule has 102 valence electrons. The zero-order chi connectivity index (χ0) is 13.6. The number of nitrogens with one attached hydrogen (secondary N) is 1. The van der Waals surface area contributed by atoms with Crippen molar-refractivity contribution in [3.63, 3.8) is 0 Å². The highest BCUT2D eigenvalue weighted by Gasteiger charge is 2.15. The van der Waals surface area contributed by atoms with Crippen LogP contribution in [-0.4, -0.2) is 31.9 Å². The molecule has 0 aliphatic carbocycles. The first kappa shape index (κ1) is 15.1. The van der Waals surface area contributed by atoms with Gasteiger partial charge in [0.05, 0.1) is 18.5 Å². The largest absolute Gasteiger partial charge is 0.378 e. The Kier molecular flexibility index (Phi) is 5.71. The van der Waals surface area contributed by atoms with E-state index in [4.69, 9.17) is 4.74 Å². The molecule has 1 aromatic rings. The number of aromatic nitrogens is 1. The molecule has 0 radical (unpaired) electrons. The molecule has 0 bridgehead atoms. The molecule has 1 rings (SSSR count). The maximum absolute atomic E-state index is 11.8. The highest BCUT2D eigenvalue weighted by atomic mass is 32.2. The minimum Gasteiger partial charge on any atom is -0.378 e. The van der Waals surface area contributed by atoms with Crippen molar-refractivity contribution in [3.8, 4) is 0 Å². The van der Waals surface area contributed by atoms with Gasteiger partial charge in [0, 0.05) is 18.4 Å². The van der Waals surface area contributed by atoms with Crippen molar-refractivity contribution in [3.05, 3.63) is 30.1 Å². The lowest BCUT2D eigenvalue weighted by Gasteiger charge is -2.14. The van der Waals surface area contributed by atoms with Crippen LogP contribution in [0, 0.1) is 0 Å². The molecular weight excluding hydrogens is 252 g/mol. The van der Waals surface area contributed by atoms with Crippen LogP contribution >= 0.6 is 0 Å². The Bertz CT molecular complexity index is 446. The predicted octanol–water partition coefficient (Wildman–Crippen LogP) is 1.49. The third-order valence-corrected chi connectivity index (χ3v) is 3.76. The van der Waals surface area contributed by atoms with Crippen LogP contribution < -0.4 is 4.72 Å². The fraction of sp³-hybridized carbons (Fsp3) is 0.583. The van der Waals surface area contributed by atoms with Gasteiger partial charge in [0.15, 0.2) is 0 Å². The van der Waals surface area contributed by atoms with Crippen LogP contribution in [0.5, 0.6) is 0 Å². The topological polar surface area (TPSA) is 68.3 Å². The summed E-state index contributed by atoms with van der Waals surface area (Å²) in [6.45, 7) is 5.74. The number of nitrogens with zero attached hydrogens (tertiary/aromatic N) is 1. The van der Waals surface area contributed by atoms with E-state index in [1.54, 1.807) is 25.4 Å². The molecule has 18 heavy (non-hydrogen) atoms. The van der Waals surface area contributed by atoms with Gasteiger partial charge in [-0.15, -0.1) is 0 Å². The molecule has 0 spiro atoms. The molecular formula is C12H20N2O3S. The predicted molar refractivity (Wildman–Crippen MR) is 70.7 cm³/mol. The molecule has 0 aliphatic heterocycles. The van der Waals surface area contributed by atoms with Gasteiger partial charge in [-0.25, -0.2) is 13.1 Å². The average Bonchev–Trinajstić information content (AvgIpc) is 2.28. The van der Waals surface area contributed by atoms with E-state index in [1.165, 1.54) is 0 Å². The molecule has 1 aromatic heterocycles. The van der Waals surface area contributed by atoms with Crippen LogP contribution in [0.1, 0.15) is 32.4 Å². The first-order valence-electron chi connectivity index (χ1n) is 5.92. The standard InChI is InChI=1S/C12H20N2O3S/c1-10(2)17-7-8-18(15,16)14-11(3)12-5-4-6-13-9-12/h4-6,9-11,14H,7-8H2,1-3H3/t11-/m1/s1. The molecule has 1 heterocycles. The monoisotopic (exact) mass is 272 g/mol. The Labute approximate surface area is 109 Å². The van der Waals surface area contributed by atoms with E-state index in [1.807, 2.05) is 19.9 Å². The Hall–Kier alpha value is -0.980. The fourth-order valence-electron chi connectivity index (χ4n) is 1.42. The minimum absolute atomic E-state index is 0.0320. The quantitative estimate of drug-likeness (QED) is 0.816. The summed E-state index contributed by atoms with van der Waals surface area (Å²) in [5.74, 6) is -0.0320. The lowest BCUT2D eigenvalue weighted by Crippen LogP contribution is -2.31. The third kappa shape index (κ3) is 5.57. The number of sulfonamides is 1. The minimum atomic E-state index is -3.33. The van der Waals surface area contributed by atoms with Crippen LogP contribution in [-0.2, 0) is 14.8 Å². The Morgan fingerprint density at radius 3 is 2.67 bits per heavy atom. The van der Waals surface area contributed by atoms with Gasteiger partial charge in [0.2, 0.25) is 10.0 Å². The summed E-state index contributed by atoms with van der Waals surface area (Å²) in [4.78, 5) is 3.96. The van der Waals surface area contributed by atoms with Gasteiger partial charge in [0.1, 0.15) is 0 Å². The summed E-state index contributed by atoms with van der Waals surface area (Å²) in [5.41, 5.74) is 0.839. The van der Waals surface area contributed by atoms with Crippen LogP contribution in [0.3, 0.4) is 0 Å². The van der Waals surface area contributed by atoms with Gasteiger partial charge in [0.25, 0.3) is 0 Å². The van der Waals surface area contributed by atoms with E-state index in [2.05, 4.69) is 9.71 Å². The SMILES string of the molecule is CC(C)OCCS(=O)(=O)N[C@H](C)c1cccnc1. The summed E-state index contributed by atoms with van der Waals surface area (Å²) in [5, 5.41) is 0. The number of ether oxygens (including phenoxy) is 1. The van der Waals surface area contributed by atoms with Gasteiger partial charge in [-0.05, 0) is 32.4 Å². The van der Waals surface area contributed by atoms with Crippen molar-refractivity contribution >= 4 is 10.0 Å². The first-order chi connectivity index (χ1) is 8.41. The lowest BCUT2D eigenvalue weighted by molar-refractivity contribution is 0.0911.